The van der Waals surface area contributed by atoms with Crippen molar-refractivity contribution >= 4 is 22.0 Å². The third-order valence-electron chi connectivity index (χ3n) is 4.93. The first-order valence-corrected chi connectivity index (χ1v) is 10.8. The number of nitrogens with one attached hydrogen (secondary N) is 1. The van der Waals surface area contributed by atoms with Gasteiger partial charge in [-0.1, -0.05) is 6.42 Å². The Bertz CT molecular complexity index is 568. The molecule has 0 aromatic rings. The van der Waals surface area contributed by atoms with Gasteiger partial charge in [0.25, 0.3) is 0 Å². The molecule has 0 atom stereocenters. The van der Waals surface area contributed by atoms with Gasteiger partial charge < -0.3 is 15.0 Å². The van der Waals surface area contributed by atoms with Crippen LogP contribution in [0, 0.1) is 5.92 Å². The van der Waals surface area contributed by atoms with E-state index in [2.05, 4.69) is 5.32 Å². The quantitative estimate of drug-likeness (QED) is 0.710. The lowest BCUT2D eigenvalue weighted by Crippen LogP contribution is -2.50. The average molecular weight is 375 g/mol. The van der Waals surface area contributed by atoms with Crippen LogP contribution in [0.4, 0.5) is 4.79 Å². The van der Waals surface area contributed by atoms with Crippen LogP contribution >= 0.6 is 0 Å². The van der Waals surface area contributed by atoms with Crippen molar-refractivity contribution in [2.75, 3.05) is 39.0 Å². The number of sulfonamides is 1. The van der Waals surface area contributed by atoms with E-state index in [1.54, 1.807) is 11.8 Å². The summed E-state index contributed by atoms with van der Waals surface area (Å²) in [5, 5.41) is 2.84. The molecule has 2 fully saturated rings. The van der Waals surface area contributed by atoms with E-state index in [0.717, 1.165) is 19.3 Å². The Morgan fingerprint density at radius 2 is 1.84 bits per heavy atom. The Labute approximate surface area is 149 Å². The van der Waals surface area contributed by atoms with Crippen molar-refractivity contribution < 1.29 is 22.7 Å². The first-order valence-electron chi connectivity index (χ1n) is 8.99. The van der Waals surface area contributed by atoms with E-state index in [0.29, 0.717) is 39.1 Å². The number of piperidine rings is 1. The molecule has 0 radical (unpaired) electrons. The van der Waals surface area contributed by atoms with Gasteiger partial charge in [-0.3, -0.25) is 4.79 Å². The second-order valence-electron chi connectivity index (χ2n) is 6.71. The summed E-state index contributed by atoms with van der Waals surface area (Å²) < 4.78 is 30.7. The summed E-state index contributed by atoms with van der Waals surface area (Å²) in [6.07, 6.45) is 4.93. The van der Waals surface area contributed by atoms with Crippen LogP contribution < -0.4 is 5.32 Å². The van der Waals surface area contributed by atoms with Crippen molar-refractivity contribution in [2.45, 2.75) is 45.1 Å². The molecule has 0 aromatic heterocycles. The monoisotopic (exact) mass is 375 g/mol. The van der Waals surface area contributed by atoms with Gasteiger partial charge in [-0.05, 0) is 32.6 Å². The van der Waals surface area contributed by atoms with E-state index in [9.17, 15) is 18.0 Å². The lowest BCUT2D eigenvalue weighted by Gasteiger charge is -2.37. The smallest absolute Gasteiger partial charge is 0.409 e. The van der Waals surface area contributed by atoms with E-state index in [-0.39, 0.29) is 30.5 Å². The summed E-state index contributed by atoms with van der Waals surface area (Å²) in [5.41, 5.74) is 0. The van der Waals surface area contributed by atoms with Gasteiger partial charge in [0.2, 0.25) is 15.9 Å². The van der Waals surface area contributed by atoms with Gasteiger partial charge in [0, 0.05) is 38.1 Å². The molecule has 144 valence electrons. The second-order valence-corrected chi connectivity index (χ2v) is 8.64. The number of hydrogen-bond donors (Lipinski definition) is 1. The average Bonchev–Trinajstić information content (AvgIpc) is 2.49. The van der Waals surface area contributed by atoms with Gasteiger partial charge in [-0.15, -0.1) is 0 Å². The highest BCUT2D eigenvalue weighted by Crippen LogP contribution is 2.26. The first kappa shape index (κ1) is 20.0. The zero-order valence-corrected chi connectivity index (χ0v) is 15.9. The molecule has 2 amide bonds. The molecule has 1 saturated heterocycles. The maximum atomic E-state index is 12.1. The minimum absolute atomic E-state index is 0.0248. The molecular weight excluding hydrogens is 346 g/mol. The maximum Gasteiger partial charge on any atom is 0.409 e. The molecule has 9 heteroatoms. The van der Waals surface area contributed by atoms with E-state index in [1.165, 1.54) is 10.6 Å². The van der Waals surface area contributed by atoms with Crippen molar-refractivity contribution in [1.82, 2.24) is 14.5 Å². The van der Waals surface area contributed by atoms with Crippen LogP contribution in [-0.2, 0) is 19.6 Å². The molecule has 0 aromatic carbocycles. The van der Waals surface area contributed by atoms with E-state index >= 15 is 0 Å². The molecule has 1 aliphatic carbocycles. The van der Waals surface area contributed by atoms with Crippen LogP contribution in [-0.4, -0.2) is 74.7 Å². The number of likely N-dealkylation sites (tertiary alicyclic amines) is 1. The largest absolute Gasteiger partial charge is 0.450 e. The van der Waals surface area contributed by atoms with Crippen molar-refractivity contribution in [3.63, 3.8) is 0 Å². The fourth-order valence-electron chi connectivity index (χ4n) is 3.27. The summed E-state index contributed by atoms with van der Waals surface area (Å²) in [6, 6.07) is -0.152. The normalized spacial score (nSPS) is 19.6. The molecule has 0 unspecified atom stereocenters. The minimum Gasteiger partial charge on any atom is -0.450 e. The van der Waals surface area contributed by atoms with Crippen LogP contribution in [0.1, 0.15) is 39.0 Å². The Morgan fingerprint density at radius 3 is 2.32 bits per heavy atom. The number of hydrogen-bond acceptors (Lipinski definition) is 5. The predicted octanol–water partition coefficient (Wildman–Crippen LogP) is 0.785. The van der Waals surface area contributed by atoms with Crippen molar-refractivity contribution in [3.8, 4) is 0 Å². The van der Waals surface area contributed by atoms with Crippen molar-refractivity contribution in [2.24, 2.45) is 5.92 Å². The molecule has 1 saturated carbocycles. The third kappa shape index (κ3) is 5.57. The predicted molar refractivity (Wildman–Crippen MR) is 93.5 cm³/mol. The van der Waals surface area contributed by atoms with Crippen molar-refractivity contribution in [3.05, 3.63) is 0 Å². The van der Waals surface area contributed by atoms with Crippen LogP contribution in [0.25, 0.3) is 0 Å². The van der Waals surface area contributed by atoms with Crippen LogP contribution in [0.2, 0.25) is 0 Å². The standard InChI is InChI=1S/C16H29N3O5S/c1-3-24-16(21)18-10-7-14(8-11-18)19(25(2,22)23)12-9-17-15(20)13-5-4-6-13/h13-14H,3-12H2,1-2H3,(H,17,20). The van der Waals surface area contributed by atoms with Crippen LogP contribution in [0.15, 0.2) is 0 Å². The van der Waals surface area contributed by atoms with E-state index in [4.69, 9.17) is 4.74 Å². The van der Waals surface area contributed by atoms with Crippen LogP contribution in [0.3, 0.4) is 0 Å². The van der Waals surface area contributed by atoms with Gasteiger partial charge in [0.1, 0.15) is 0 Å². The number of rotatable bonds is 7. The summed E-state index contributed by atoms with van der Waals surface area (Å²) in [6.45, 7) is 3.62. The third-order valence-corrected chi connectivity index (χ3v) is 6.26. The number of nitrogens with zero attached hydrogens (tertiary/aromatic N) is 2. The molecule has 1 heterocycles. The number of carbonyl (C=O) groups is 2. The Hall–Kier alpha value is -1.35. The van der Waals surface area contributed by atoms with Gasteiger partial charge in [0.15, 0.2) is 0 Å². The van der Waals surface area contributed by atoms with Gasteiger partial charge in [-0.2, -0.15) is 4.31 Å². The SMILES string of the molecule is CCOC(=O)N1CCC(N(CCNC(=O)C2CCC2)S(C)(=O)=O)CC1. The molecule has 2 aliphatic rings. The van der Waals surface area contributed by atoms with Gasteiger partial charge >= 0.3 is 6.09 Å². The second kappa shape index (κ2) is 8.84. The number of carbonyl (C=O) groups excluding carboxylic acids is 2. The zero-order valence-electron chi connectivity index (χ0n) is 15.1. The Kier molecular flexibility index (Phi) is 7.06. The topological polar surface area (TPSA) is 96.0 Å². The van der Waals surface area contributed by atoms with Crippen molar-refractivity contribution in [1.29, 1.82) is 0 Å². The summed E-state index contributed by atoms with van der Waals surface area (Å²) in [5.74, 6) is 0.122. The van der Waals surface area contributed by atoms with Gasteiger partial charge in [-0.25, -0.2) is 13.2 Å². The highest BCUT2D eigenvalue weighted by atomic mass is 32.2. The van der Waals surface area contributed by atoms with E-state index in [1.807, 2.05) is 0 Å². The first-order chi connectivity index (χ1) is 11.8. The Balaban J connectivity index is 1.84. The lowest BCUT2D eigenvalue weighted by atomic mass is 9.85. The highest BCUT2D eigenvalue weighted by molar-refractivity contribution is 7.88. The highest BCUT2D eigenvalue weighted by Gasteiger charge is 2.32. The van der Waals surface area contributed by atoms with Crippen LogP contribution in [0.5, 0.6) is 0 Å². The molecular formula is C16H29N3O5S. The summed E-state index contributed by atoms with van der Waals surface area (Å²) in [4.78, 5) is 25.2. The molecule has 1 aliphatic heterocycles. The molecule has 1 N–H and O–H groups in total. The summed E-state index contributed by atoms with van der Waals surface area (Å²) >= 11 is 0. The maximum absolute atomic E-state index is 12.1. The fourth-order valence-corrected chi connectivity index (χ4v) is 4.45. The molecule has 2 rings (SSSR count). The van der Waals surface area contributed by atoms with Gasteiger partial charge in [0.05, 0.1) is 12.9 Å². The molecule has 0 bridgehead atoms. The molecule has 25 heavy (non-hydrogen) atoms. The number of amides is 2. The molecule has 0 spiro atoms. The number of ether oxygens (including phenoxy) is 1. The fraction of sp³-hybridized carbons (Fsp3) is 0.875. The lowest BCUT2D eigenvalue weighted by molar-refractivity contribution is -0.127. The van der Waals surface area contributed by atoms with E-state index < -0.39 is 10.0 Å². The zero-order chi connectivity index (χ0) is 18.4. The Morgan fingerprint density at radius 1 is 1.20 bits per heavy atom. The minimum atomic E-state index is -3.37. The summed E-state index contributed by atoms with van der Waals surface area (Å²) in [7, 11) is -3.37. The molecule has 8 nitrogen and oxygen atoms in total.